The van der Waals surface area contributed by atoms with Crippen LogP contribution in [-0.2, 0) is 19.4 Å². The monoisotopic (exact) mass is 270 g/mol. The molecule has 0 aliphatic carbocycles. The number of sulfone groups is 1. The smallest absolute Gasteiger partial charge is 0.309 e. The Morgan fingerprint density at radius 2 is 1.89 bits per heavy atom. The molecule has 18 heavy (non-hydrogen) atoms. The zero-order chi connectivity index (χ0) is 13.9. The van der Waals surface area contributed by atoms with Crippen molar-refractivity contribution in [2.45, 2.75) is 30.9 Å². The molecule has 4 nitrogen and oxygen atoms in total. The zero-order valence-electron chi connectivity index (χ0n) is 11.0. The van der Waals surface area contributed by atoms with Crippen molar-refractivity contribution >= 4 is 15.8 Å². The Bertz CT molecular complexity index is 534. The molecule has 5 heteroatoms. The SMILES string of the molecule is COC(=O)C(C)C(C)S(=O)(=O)c1cccc(C)c1. The molecule has 1 aromatic rings. The van der Waals surface area contributed by atoms with E-state index in [9.17, 15) is 13.2 Å². The van der Waals surface area contributed by atoms with E-state index >= 15 is 0 Å². The molecule has 0 fully saturated rings. The number of carbonyl (C=O) groups is 1. The average Bonchev–Trinajstić information content (AvgIpc) is 2.35. The first-order valence-electron chi connectivity index (χ1n) is 5.69. The lowest BCUT2D eigenvalue weighted by Crippen LogP contribution is -2.31. The third kappa shape index (κ3) is 2.90. The van der Waals surface area contributed by atoms with E-state index in [1.54, 1.807) is 25.1 Å². The van der Waals surface area contributed by atoms with Gasteiger partial charge in [0.2, 0.25) is 0 Å². The first-order chi connectivity index (χ1) is 8.30. The largest absolute Gasteiger partial charge is 0.469 e. The molecule has 0 aromatic heterocycles. The second-order valence-electron chi connectivity index (χ2n) is 4.38. The van der Waals surface area contributed by atoms with Crippen molar-refractivity contribution in [1.82, 2.24) is 0 Å². The summed E-state index contributed by atoms with van der Waals surface area (Å²) in [5.74, 6) is -1.21. The van der Waals surface area contributed by atoms with Gasteiger partial charge in [-0.15, -0.1) is 0 Å². The summed E-state index contributed by atoms with van der Waals surface area (Å²) in [5, 5.41) is -0.813. The predicted octanol–water partition coefficient (Wildman–Crippen LogP) is 1.97. The van der Waals surface area contributed by atoms with Gasteiger partial charge in [0.15, 0.2) is 9.84 Å². The number of carbonyl (C=O) groups excluding carboxylic acids is 1. The lowest BCUT2D eigenvalue weighted by atomic mass is 10.1. The molecule has 0 radical (unpaired) electrons. The summed E-state index contributed by atoms with van der Waals surface area (Å²) in [6.07, 6.45) is 0. The average molecular weight is 270 g/mol. The number of hydrogen-bond acceptors (Lipinski definition) is 4. The minimum atomic E-state index is -3.52. The molecular weight excluding hydrogens is 252 g/mol. The fourth-order valence-electron chi connectivity index (χ4n) is 1.65. The minimum Gasteiger partial charge on any atom is -0.469 e. The maximum absolute atomic E-state index is 12.3. The Morgan fingerprint density at radius 1 is 1.28 bits per heavy atom. The van der Waals surface area contributed by atoms with Crippen LogP contribution in [0.15, 0.2) is 29.2 Å². The summed E-state index contributed by atoms with van der Waals surface area (Å²) in [4.78, 5) is 11.7. The van der Waals surface area contributed by atoms with Crippen LogP contribution < -0.4 is 0 Å². The number of ether oxygens (including phenoxy) is 1. The summed E-state index contributed by atoms with van der Waals surface area (Å²) in [7, 11) is -2.26. The van der Waals surface area contributed by atoms with Crippen molar-refractivity contribution in [1.29, 1.82) is 0 Å². The maximum Gasteiger partial charge on any atom is 0.309 e. The highest BCUT2D eigenvalue weighted by atomic mass is 32.2. The van der Waals surface area contributed by atoms with E-state index in [0.29, 0.717) is 0 Å². The third-order valence-corrected chi connectivity index (χ3v) is 5.38. The van der Waals surface area contributed by atoms with E-state index in [0.717, 1.165) is 5.56 Å². The molecule has 100 valence electrons. The Balaban J connectivity index is 3.11. The van der Waals surface area contributed by atoms with Gasteiger partial charge in [-0.05, 0) is 31.5 Å². The Labute approximate surface area is 108 Å². The Morgan fingerprint density at radius 3 is 2.39 bits per heavy atom. The molecule has 0 bridgehead atoms. The topological polar surface area (TPSA) is 60.4 Å². The molecule has 0 N–H and O–H groups in total. The van der Waals surface area contributed by atoms with Gasteiger partial charge < -0.3 is 4.74 Å². The van der Waals surface area contributed by atoms with Crippen LogP contribution >= 0.6 is 0 Å². The molecule has 1 rings (SSSR count). The van der Waals surface area contributed by atoms with Gasteiger partial charge in [-0.25, -0.2) is 8.42 Å². The van der Waals surface area contributed by atoms with Crippen molar-refractivity contribution < 1.29 is 17.9 Å². The van der Waals surface area contributed by atoms with Crippen molar-refractivity contribution in [3.8, 4) is 0 Å². The highest BCUT2D eigenvalue weighted by molar-refractivity contribution is 7.92. The van der Waals surface area contributed by atoms with Gasteiger partial charge >= 0.3 is 5.97 Å². The Kier molecular flexibility index (Phi) is 4.51. The number of hydrogen-bond donors (Lipinski definition) is 0. The van der Waals surface area contributed by atoms with Crippen LogP contribution in [0.25, 0.3) is 0 Å². The second kappa shape index (κ2) is 5.52. The summed E-state index contributed by atoms with van der Waals surface area (Å²) in [6, 6.07) is 6.67. The van der Waals surface area contributed by atoms with E-state index in [1.807, 2.05) is 13.0 Å². The first-order valence-corrected chi connectivity index (χ1v) is 7.23. The van der Waals surface area contributed by atoms with E-state index in [4.69, 9.17) is 0 Å². The molecular formula is C13H18O4S. The molecule has 0 saturated carbocycles. The van der Waals surface area contributed by atoms with E-state index < -0.39 is 27.0 Å². The quantitative estimate of drug-likeness (QED) is 0.785. The van der Waals surface area contributed by atoms with Gasteiger partial charge in [-0.3, -0.25) is 4.79 Å². The van der Waals surface area contributed by atoms with Gasteiger partial charge in [0, 0.05) is 0 Å². The van der Waals surface area contributed by atoms with Gasteiger partial charge in [0.05, 0.1) is 23.2 Å². The van der Waals surface area contributed by atoms with Crippen LogP contribution in [0, 0.1) is 12.8 Å². The van der Waals surface area contributed by atoms with Crippen molar-refractivity contribution in [3.05, 3.63) is 29.8 Å². The van der Waals surface area contributed by atoms with Crippen LogP contribution in [0.5, 0.6) is 0 Å². The molecule has 0 saturated heterocycles. The zero-order valence-corrected chi connectivity index (χ0v) is 11.8. The van der Waals surface area contributed by atoms with E-state index in [-0.39, 0.29) is 4.90 Å². The van der Waals surface area contributed by atoms with Crippen molar-refractivity contribution in [3.63, 3.8) is 0 Å². The summed E-state index contributed by atoms with van der Waals surface area (Å²) in [6.45, 7) is 4.91. The molecule has 0 aliphatic rings. The predicted molar refractivity (Wildman–Crippen MR) is 69.0 cm³/mol. The molecule has 0 heterocycles. The lowest BCUT2D eigenvalue weighted by molar-refractivity contribution is -0.144. The molecule has 0 aliphatic heterocycles. The number of benzene rings is 1. The van der Waals surface area contributed by atoms with E-state index in [2.05, 4.69) is 4.74 Å². The third-order valence-electron chi connectivity index (χ3n) is 3.08. The van der Waals surface area contributed by atoms with Crippen molar-refractivity contribution in [2.75, 3.05) is 7.11 Å². The molecule has 1 aromatic carbocycles. The van der Waals surface area contributed by atoms with Gasteiger partial charge in [0.1, 0.15) is 0 Å². The fourth-order valence-corrected chi connectivity index (χ4v) is 3.35. The number of rotatable bonds is 4. The molecule has 0 amide bonds. The standard InChI is InChI=1S/C13H18O4S/c1-9-6-5-7-12(8-9)18(15,16)11(3)10(2)13(14)17-4/h5-8,10-11H,1-4H3. The minimum absolute atomic E-state index is 0.241. The number of methoxy groups -OCH3 is 1. The number of esters is 1. The highest BCUT2D eigenvalue weighted by Gasteiger charge is 2.32. The highest BCUT2D eigenvalue weighted by Crippen LogP contribution is 2.22. The van der Waals surface area contributed by atoms with Crippen LogP contribution in [0.3, 0.4) is 0 Å². The number of aryl methyl sites for hydroxylation is 1. The van der Waals surface area contributed by atoms with Crippen LogP contribution in [0.2, 0.25) is 0 Å². The van der Waals surface area contributed by atoms with Crippen LogP contribution in [0.1, 0.15) is 19.4 Å². The normalized spacial score (nSPS) is 14.9. The van der Waals surface area contributed by atoms with Gasteiger partial charge in [-0.2, -0.15) is 0 Å². The summed E-state index contributed by atoms with van der Waals surface area (Å²) < 4.78 is 29.3. The van der Waals surface area contributed by atoms with E-state index in [1.165, 1.54) is 14.0 Å². The maximum atomic E-state index is 12.3. The second-order valence-corrected chi connectivity index (χ2v) is 6.68. The van der Waals surface area contributed by atoms with Gasteiger partial charge in [0.25, 0.3) is 0 Å². The first kappa shape index (κ1) is 14.7. The van der Waals surface area contributed by atoms with Crippen molar-refractivity contribution in [2.24, 2.45) is 5.92 Å². The van der Waals surface area contributed by atoms with Gasteiger partial charge in [-0.1, -0.05) is 19.1 Å². The Hall–Kier alpha value is -1.36. The van der Waals surface area contributed by atoms with Crippen LogP contribution in [-0.4, -0.2) is 26.7 Å². The van der Waals surface area contributed by atoms with Crippen LogP contribution in [0.4, 0.5) is 0 Å². The lowest BCUT2D eigenvalue weighted by Gasteiger charge is -2.18. The molecule has 2 unspecified atom stereocenters. The summed E-state index contributed by atoms with van der Waals surface area (Å²) >= 11 is 0. The fraction of sp³-hybridized carbons (Fsp3) is 0.462. The summed E-state index contributed by atoms with van der Waals surface area (Å²) in [5.41, 5.74) is 0.869. The molecule has 0 spiro atoms. The molecule has 2 atom stereocenters.